The van der Waals surface area contributed by atoms with Gasteiger partial charge in [0.1, 0.15) is 0 Å². The van der Waals surface area contributed by atoms with Gasteiger partial charge in [-0.25, -0.2) is 8.42 Å². The summed E-state index contributed by atoms with van der Waals surface area (Å²) in [5.74, 6) is -0.909. The Labute approximate surface area is 99.8 Å². The average Bonchev–Trinajstić information content (AvgIpc) is 2.50. The number of rotatable bonds is 1. The van der Waals surface area contributed by atoms with Crippen molar-refractivity contribution in [3.8, 4) is 0 Å². The van der Waals surface area contributed by atoms with E-state index in [9.17, 15) is 26.4 Å². The Morgan fingerprint density at radius 2 is 1.83 bits per heavy atom. The van der Waals surface area contributed by atoms with Crippen LogP contribution in [0.3, 0.4) is 0 Å². The Balaban J connectivity index is 2.66. The smallest absolute Gasteiger partial charge is 0.366 e. The van der Waals surface area contributed by atoms with Crippen molar-refractivity contribution in [2.45, 2.75) is 11.1 Å². The van der Waals surface area contributed by atoms with E-state index in [1.54, 1.807) is 0 Å². The van der Waals surface area contributed by atoms with Crippen LogP contribution >= 0.6 is 0 Å². The lowest BCUT2D eigenvalue weighted by Crippen LogP contribution is -2.18. The molecule has 0 aromatic heterocycles. The van der Waals surface area contributed by atoms with Gasteiger partial charge in [0.15, 0.2) is 4.91 Å². The summed E-state index contributed by atoms with van der Waals surface area (Å²) < 4.78 is 61.0. The molecule has 0 spiro atoms. The van der Waals surface area contributed by atoms with Gasteiger partial charge in [-0.3, -0.25) is 4.79 Å². The van der Waals surface area contributed by atoms with Gasteiger partial charge in [-0.1, -0.05) is 6.07 Å². The molecule has 1 heterocycles. The van der Waals surface area contributed by atoms with E-state index < -0.39 is 31.7 Å². The number of halogens is 3. The number of carbonyl (C=O) groups excluding carboxylic acids is 1. The Morgan fingerprint density at radius 1 is 1.22 bits per heavy atom. The van der Waals surface area contributed by atoms with Crippen LogP contribution in [0.25, 0.3) is 6.08 Å². The van der Waals surface area contributed by atoms with E-state index in [0.29, 0.717) is 6.08 Å². The van der Waals surface area contributed by atoms with Crippen LogP contribution in [-0.4, -0.2) is 20.5 Å². The molecule has 1 aromatic rings. The van der Waals surface area contributed by atoms with Gasteiger partial charge in [-0.05, 0) is 23.8 Å². The van der Waals surface area contributed by atoms with E-state index in [-0.39, 0.29) is 11.1 Å². The molecular formula is C10H6F3NO3S. The van der Waals surface area contributed by atoms with Crippen molar-refractivity contribution in [1.82, 2.24) is 0 Å². The highest BCUT2D eigenvalue weighted by Gasteiger charge is 2.47. The number of carbonyl (C=O) groups is 1. The molecule has 0 radical (unpaired) electrons. The highest BCUT2D eigenvalue weighted by Crippen LogP contribution is 2.41. The van der Waals surface area contributed by atoms with Crippen LogP contribution in [-0.2, 0) is 9.84 Å². The third-order valence-electron chi connectivity index (χ3n) is 2.44. The maximum Gasteiger partial charge on any atom is 0.427 e. The van der Waals surface area contributed by atoms with Crippen LogP contribution < -0.4 is 5.73 Å². The topological polar surface area (TPSA) is 77.2 Å². The van der Waals surface area contributed by atoms with Crippen LogP contribution in [0.5, 0.6) is 0 Å². The zero-order valence-corrected chi connectivity index (χ0v) is 9.47. The van der Waals surface area contributed by atoms with Crippen molar-refractivity contribution < 1.29 is 26.4 Å². The summed E-state index contributed by atoms with van der Waals surface area (Å²) in [5, 5.41) is 0. The molecule has 1 aliphatic rings. The Hall–Kier alpha value is -1.83. The number of benzene rings is 1. The summed E-state index contributed by atoms with van der Waals surface area (Å²) in [6, 6.07) is 3.14. The summed E-state index contributed by atoms with van der Waals surface area (Å²) in [6.07, 6.45) is -4.43. The van der Waals surface area contributed by atoms with E-state index >= 15 is 0 Å². The quantitative estimate of drug-likeness (QED) is 0.844. The molecule has 4 nitrogen and oxygen atoms in total. The number of amides is 1. The molecule has 18 heavy (non-hydrogen) atoms. The molecule has 96 valence electrons. The largest absolute Gasteiger partial charge is 0.427 e. The zero-order valence-electron chi connectivity index (χ0n) is 8.65. The lowest BCUT2D eigenvalue weighted by atomic mass is 10.1. The first kappa shape index (κ1) is 12.6. The zero-order chi connectivity index (χ0) is 13.7. The highest BCUT2D eigenvalue weighted by molar-refractivity contribution is 7.96. The summed E-state index contributed by atoms with van der Waals surface area (Å²) in [4.78, 5) is 8.70. The summed E-state index contributed by atoms with van der Waals surface area (Å²) in [6.45, 7) is 0. The van der Waals surface area contributed by atoms with Gasteiger partial charge in [0.05, 0.1) is 4.90 Å². The average molecular weight is 277 g/mol. The minimum atomic E-state index is -4.97. The van der Waals surface area contributed by atoms with Crippen molar-refractivity contribution in [2.75, 3.05) is 0 Å². The van der Waals surface area contributed by atoms with E-state index in [2.05, 4.69) is 0 Å². The van der Waals surface area contributed by atoms with Crippen LogP contribution in [0.2, 0.25) is 0 Å². The number of hydrogen-bond acceptors (Lipinski definition) is 3. The van der Waals surface area contributed by atoms with Crippen molar-refractivity contribution in [3.05, 3.63) is 34.2 Å². The summed E-state index contributed by atoms with van der Waals surface area (Å²) in [7, 11) is -4.63. The second kappa shape index (κ2) is 3.58. The van der Waals surface area contributed by atoms with Gasteiger partial charge < -0.3 is 5.73 Å². The maximum atomic E-state index is 12.5. The van der Waals surface area contributed by atoms with Crippen molar-refractivity contribution in [1.29, 1.82) is 0 Å². The number of nitrogens with two attached hydrogens (primary N) is 1. The first-order valence-electron chi connectivity index (χ1n) is 4.62. The van der Waals surface area contributed by atoms with Crippen molar-refractivity contribution in [3.63, 3.8) is 0 Å². The van der Waals surface area contributed by atoms with E-state index in [0.717, 1.165) is 12.1 Å². The van der Waals surface area contributed by atoms with E-state index in [1.807, 2.05) is 0 Å². The molecule has 1 amide bonds. The number of sulfone groups is 1. The molecule has 0 saturated carbocycles. The fourth-order valence-electron chi connectivity index (χ4n) is 1.61. The maximum absolute atomic E-state index is 12.5. The lowest BCUT2D eigenvalue weighted by molar-refractivity contribution is -0.0834. The van der Waals surface area contributed by atoms with Crippen LogP contribution in [0.15, 0.2) is 28.0 Å². The lowest BCUT2D eigenvalue weighted by Gasteiger charge is -2.07. The summed E-state index contributed by atoms with van der Waals surface area (Å²) in [5.41, 5.74) is 4.68. The molecular weight excluding hydrogens is 271 g/mol. The molecule has 0 aliphatic carbocycles. The number of fused-ring (bicyclic) bond motifs is 1. The van der Waals surface area contributed by atoms with Crippen LogP contribution in [0.4, 0.5) is 13.2 Å². The fourth-order valence-corrected chi connectivity index (χ4v) is 3.15. The van der Waals surface area contributed by atoms with E-state index in [1.165, 1.54) is 6.07 Å². The van der Waals surface area contributed by atoms with Gasteiger partial charge >= 0.3 is 6.18 Å². The highest BCUT2D eigenvalue weighted by atomic mass is 32.2. The Morgan fingerprint density at radius 3 is 2.33 bits per heavy atom. The molecule has 0 atom stereocenters. The predicted octanol–water partition coefficient (Wildman–Crippen LogP) is 1.48. The molecule has 2 N–H and O–H groups in total. The Bertz CT molecular complexity index is 674. The molecule has 1 aliphatic heterocycles. The van der Waals surface area contributed by atoms with Gasteiger partial charge in [0, 0.05) is 5.56 Å². The number of hydrogen-bond donors (Lipinski definition) is 1. The summed E-state index contributed by atoms with van der Waals surface area (Å²) >= 11 is 0. The third-order valence-corrected chi connectivity index (χ3v) is 4.30. The van der Waals surface area contributed by atoms with E-state index in [4.69, 9.17) is 5.73 Å². The molecule has 2 rings (SSSR count). The molecule has 0 fully saturated rings. The molecule has 1 aromatic carbocycles. The molecule has 0 unspecified atom stereocenters. The Kier molecular flexibility index (Phi) is 2.51. The number of allylic oxidation sites excluding steroid dienone is 1. The van der Waals surface area contributed by atoms with Gasteiger partial charge in [0.25, 0.3) is 0 Å². The van der Waals surface area contributed by atoms with Gasteiger partial charge in [0.2, 0.25) is 15.7 Å². The van der Waals surface area contributed by atoms with Crippen molar-refractivity contribution in [2.24, 2.45) is 5.73 Å². The normalized spacial score (nSPS) is 17.2. The predicted molar refractivity (Wildman–Crippen MR) is 56.2 cm³/mol. The number of alkyl halides is 3. The van der Waals surface area contributed by atoms with Crippen LogP contribution in [0.1, 0.15) is 15.9 Å². The van der Waals surface area contributed by atoms with Gasteiger partial charge in [-0.2, -0.15) is 13.2 Å². The second-order valence-electron chi connectivity index (χ2n) is 3.63. The molecule has 0 bridgehead atoms. The SMILES string of the molecule is NC(=O)c1ccc2c(c1)S(=O)(=O)C(C(F)(F)F)=C2. The third kappa shape index (κ3) is 1.78. The fraction of sp³-hybridized carbons (Fsp3) is 0.100. The first-order chi connectivity index (χ1) is 8.14. The number of primary amides is 1. The van der Waals surface area contributed by atoms with Gasteiger partial charge in [-0.15, -0.1) is 0 Å². The minimum absolute atomic E-state index is 0.104. The second-order valence-corrected chi connectivity index (χ2v) is 5.51. The molecule has 8 heteroatoms. The van der Waals surface area contributed by atoms with Crippen LogP contribution in [0, 0.1) is 0 Å². The standard InChI is InChI=1S/C10H6F3NO3S/c11-10(12,13)8-4-5-1-2-6(9(14)15)3-7(5)18(8,16)17/h1-4H,(H2,14,15). The van der Waals surface area contributed by atoms with Crippen molar-refractivity contribution >= 4 is 21.8 Å². The monoisotopic (exact) mass is 277 g/mol. The molecule has 0 saturated heterocycles. The first-order valence-corrected chi connectivity index (χ1v) is 6.10. The minimum Gasteiger partial charge on any atom is -0.366 e.